The number of fused-ring (bicyclic) bond motifs is 1. The first-order valence-electron chi connectivity index (χ1n) is 14.3. The Bertz CT molecular complexity index is 1620. The van der Waals surface area contributed by atoms with Gasteiger partial charge in [-0.05, 0) is 73.7 Å². The quantitative estimate of drug-likeness (QED) is 0.217. The second kappa shape index (κ2) is 13.2. The fraction of sp³-hybridized carbons (Fsp3) is 0.312. The highest BCUT2D eigenvalue weighted by molar-refractivity contribution is 6.06. The van der Waals surface area contributed by atoms with Crippen molar-refractivity contribution in [2.45, 2.75) is 50.6 Å². The van der Waals surface area contributed by atoms with Crippen molar-refractivity contribution >= 4 is 40.2 Å². The third-order valence-electron chi connectivity index (χ3n) is 7.39. The Kier molecular flexibility index (Phi) is 9.17. The van der Waals surface area contributed by atoms with Crippen LogP contribution >= 0.6 is 0 Å². The van der Waals surface area contributed by atoms with Crippen LogP contribution in [-0.4, -0.2) is 54.3 Å². The van der Waals surface area contributed by atoms with E-state index in [9.17, 15) is 22.8 Å². The zero-order valence-electron chi connectivity index (χ0n) is 24.3. The molecule has 1 saturated carbocycles. The van der Waals surface area contributed by atoms with E-state index < -0.39 is 18.0 Å². The number of nitrogens with one attached hydrogen (secondary N) is 3. The molecular weight excluding hydrogens is 573 g/mol. The van der Waals surface area contributed by atoms with E-state index in [0.717, 1.165) is 54.5 Å². The van der Waals surface area contributed by atoms with Crippen molar-refractivity contribution in [3.63, 3.8) is 0 Å². The molecule has 44 heavy (non-hydrogen) atoms. The number of rotatable bonds is 9. The smallest absolute Gasteiger partial charge is 0.406 e. The number of benzene rings is 3. The zero-order valence-corrected chi connectivity index (χ0v) is 24.3. The molecule has 1 heterocycles. The number of carbonyl (C=O) groups excluding carboxylic acids is 2. The molecule has 0 bridgehead atoms. The number of alkyl halides is 3. The molecule has 230 valence electrons. The number of hydrogen-bond acceptors (Lipinski definition) is 7. The summed E-state index contributed by atoms with van der Waals surface area (Å²) in [6.45, 7) is 0. The Morgan fingerprint density at radius 1 is 0.886 bits per heavy atom. The van der Waals surface area contributed by atoms with Gasteiger partial charge in [0.25, 0.3) is 5.91 Å². The average molecular weight is 607 g/mol. The first-order chi connectivity index (χ1) is 21.0. The lowest BCUT2D eigenvalue weighted by molar-refractivity contribution is -0.274. The van der Waals surface area contributed by atoms with Gasteiger partial charge in [0.1, 0.15) is 11.6 Å². The van der Waals surface area contributed by atoms with E-state index in [1.165, 1.54) is 12.1 Å². The highest BCUT2D eigenvalue weighted by Gasteiger charge is 2.31. The molecule has 0 radical (unpaired) electrons. The molecule has 4 aromatic rings. The number of aromatic nitrogens is 2. The summed E-state index contributed by atoms with van der Waals surface area (Å²) in [5.41, 5.74) is 2.01. The van der Waals surface area contributed by atoms with Crippen molar-refractivity contribution in [3.05, 3.63) is 83.9 Å². The fourth-order valence-corrected chi connectivity index (χ4v) is 5.32. The fourth-order valence-electron chi connectivity index (χ4n) is 5.32. The van der Waals surface area contributed by atoms with Crippen molar-refractivity contribution in [1.82, 2.24) is 15.3 Å². The minimum absolute atomic E-state index is 0.00817. The number of carbonyl (C=O) groups is 2. The third-order valence-corrected chi connectivity index (χ3v) is 7.39. The average Bonchev–Trinajstić information content (AvgIpc) is 2.98. The Morgan fingerprint density at radius 3 is 2.25 bits per heavy atom. The molecule has 2 amide bonds. The standard InChI is InChI=1S/C32H33F3N6O3/c1-41(2)29-26-9-5-6-10-27(26)39-31(40-29)38-23-13-11-21(12-14-23)36-28(42)19-20-7-3-4-8-25(20)30(43)37-22-15-17-24(18-16-22)44-32(33,34)35/h3-10,15-18,21,23H,11-14,19H2,1-2H3,(H,36,42)(H,37,43)(H,38,39,40)/t21-,23+. The maximum Gasteiger partial charge on any atom is 0.573 e. The first kappa shape index (κ1) is 30.6. The number of hydrogen-bond donors (Lipinski definition) is 3. The summed E-state index contributed by atoms with van der Waals surface area (Å²) < 4.78 is 41.1. The maximum absolute atomic E-state index is 13.0. The van der Waals surface area contributed by atoms with Gasteiger partial charge in [-0.3, -0.25) is 9.59 Å². The highest BCUT2D eigenvalue weighted by atomic mass is 19.4. The number of para-hydroxylation sites is 1. The topological polar surface area (TPSA) is 108 Å². The summed E-state index contributed by atoms with van der Waals surface area (Å²) in [5.74, 6) is 0.376. The van der Waals surface area contributed by atoms with Gasteiger partial charge in [-0.2, -0.15) is 4.98 Å². The molecule has 9 nitrogen and oxygen atoms in total. The Hall–Kier alpha value is -4.87. The molecule has 1 aliphatic rings. The Labute approximate surface area is 252 Å². The predicted molar refractivity (Wildman–Crippen MR) is 163 cm³/mol. The van der Waals surface area contributed by atoms with E-state index in [1.54, 1.807) is 24.3 Å². The van der Waals surface area contributed by atoms with Crippen LogP contribution in [0.2, 0.25) is 0 Å². The van der Waals surface area contributed by atoms with E-state index in [2.05, 4.69) is 20.7 Å². The van der Waals surface area contributed by atoms with Crippen LogP contribution < -0.4 is 25.6 Å². The maximum atomic E-state index is 13.0. The molecule has 3 N–H and O–H groups in total. The normalized spacial score (nSPS) is 16.7. The number of anilines is 3. The third kappa shape index (κ3) is 7.94. The van der Waals surface area contributed by atoms with Crippen LogP contribution in [0.3, 0.4) is 0 Å². The zero-order chi connectivity index (χ0) is 31.3. The minimum atomic E-state index is -4.80. The molecule has 0 aliphatic heterocycles. The van der Waals surface area contributed by atoms with Crippen molar-refractivity contribution in [2.24, 2.45) is 0 Å². The first-order valence-corrected chi connectivity index (χ1v) is 14.3. The molecule has 0 spiro atoms. The highest BCUT2D eigenvalue weighted by Crippen LogP contribution is 2.27. The van der Waals surface area contributed by atoms with Crippen molar-refractivity contribution in [3.8, 4) is 5.75 Å². The summed E-state index contributed by atoms with van der Waals surface area (Å²) in [7, 11) is 3.91. The Morgan fingerprint density at radius 2 is 1.55 bits per heavy atom. The van der Waals surface area contributed by atoms with Gasteiger partial charge < -0.3 is 25.6 Å². The largest absolute Gasteiger partial charge is 0.573 e. The van der Waals surface area contributed by atoms with Crippen LogP contribution in [0.25, 0.3) is 10.9 Å². The second-order valence-electron chi connectivity index (χ2n) is 10.9. The van der Waals surface area contributed by atoms with Crippen molar-refractivity contribution in [1.29, 1.82) is 0 Å². The van der Waals surface area contributed by atoms with E-state index >= 15 is 0 Å². The van der Waals surface area contributed by atoms with E-state index in [4.69, 9.17) is 9.97 Å². The molecule has 1 aliphatic carbocycles. The SMILES string of the molecule is CN(C)c1nc(N[C@H]2CC[C@@H](NC(=O)Cc3ccccc3C(=O)Nc3ccc(OC(F)(F)F)cc3)CC2)nc2ccccc12. The Balaban J connectivity index is 1.13. The van der Waals surface area contributed by atoms with Crippen LogP contribution in [-0.2, 0) is 11.2 Å². The number of halogens is 3. The summed E-state index contributed by atoms with van der Waals surface area (Å²) in [6, 6.07) is 19.7. The summed E-state index contributed by atoms with van der Waals surface area (Å²) in [4.78, 5) is 37.3. The summed E-state index contributed by atoms with van der Waals surface area (Å²) in [6.07, 6.45) is -1.54. The molecule has 0 atom stereocenters. The van der Waals surface area contributed by atoms with Gasteiger partial charge in [-0.25, -0.2) is 4.98 Å². The molecule has 5 rings (SSSR count). The van der Waals surface area contributed by atoms with E-state index in [0.29, 0.717) is 22.8 Å². The van der Waals surface area contributed by atoms with Gasteiger partial charge in [0, 0.05) is 42.8 Å². The van der Waals surface area contributed by atoms with Crippen LogP contribution in [0.1, 0.15) is 41.6 Å². The lowest BCUT2D eigenvalue weighted by Gasteiger charge is -2.30. The molecule has 1 aromatic heterocycles. The van der Waals surface area contributed by atoms with Crippen LogP contribution in [0, 0.1) is 0 Å². The van der Waals surface area contributed by atoms with Crippen LogP contribution in [0.15, 0.2) is 72.8 Å². The monoisotopic (exact) mass is 606 g/mol. The molecule has 1 fully saturated rings. The van der Waals surface area contributed by atoms with Crippen molar-refractivity contribution < 1.29 is 27.5 Å². The molecule has 0 unspecified atom stereocenters. The van der Waals surface area contributed by atoms with Gasteiger partial charge in [0.05, 0.1) is 11.9 Å². The summed E-state index contributed by atoms with van der Waals surface area (Å²) in [5, 5.41) is 10.2. The second-order valence-corrected chi connectivity index (χ2v) is 10.9. The van der Waals surface area contributed by atoms with Crippen molar-refractivity contribution in [2.75, 3.05) is 29.6 Å². The lowest BCUT2D eigenvalue weighted by Crippen LogP contribution is -2.41. The van der Waals surface area contributed by atoms with E-state index in [1.807, 2.05) is 43.3 Å². The molecular formula is C32H33F3N6O3. The summed E-state index contributed by atoms with van der Waals surface area (Å²) >= 11 is 0. The van der Waals surface area contributed by atoms with Gasteiger partial charge >= 0.3 is 6.36 Å². The lowest BCUT2D eigenvalue weighted by atomic mass is 9.91. The van der Waals surface area contributed by atoms with Gasteiger partial charge in [-0.15, -0.1) is 13.2 Å². The van der Waals surface area contributed by atoms with Crippen LogP contribution in [0.5, 0.6) is 5.75 Å². The minimum Gasteiger partial charge on any atom is -0.406 e. The van der Waals surface area contributed by atoms with Gasteiger partial charge in [-0.1, -0.05) is 30.3 Å². The molecule has 3 aromatic carbocycles. The molecule has 0 saturated heterocycles. The van der Waals surface area contributed by atoms with Gasteiger partial charge in [0.15, 0.2) is 0 Å². The van der Waals surface area contributed by atoms with Crippen LogP contribution in [0.4, 0.5) is 30.6 Å². The number of nitrogens with zero attached hydrogens (tertiary/aromatic N) is 3. The van der Waals surface area contributed by atoms with E-state index in [-0.39, 0.29) is 24.4 Å². The number of amides is 2. The predicted octanol–water partition coefficient (Wildman–Crippen LogP) is 5.93. The van der Waals surface area contributed by atoms with Gasteiger partial charge in [0.2, 0.25) is 11.9 Å². The number of ether oxygens (including phenoxy) is 1. The molecule has 12 heteroatoms.